The van der Waals surface area contributed by atoms with Gasteiger partial charge in [-0.3, -0.25) is 4.79 Å². The van der Waals surface area contributed by atoms with Gasteiger partial charge in [0.15, 0.2) is 12.6 Å². The van der Waals surface area contributed by atoms with Gasteiger partial charge in [-0.05, 0) is 57.8 Å². The first-order valence-electron chi connectivity index (χ1n) is 38.2. The largest absolute Gasteiger partial charge is 0.394 e. The van der Waals surface area contributed by atoms with Crippen molar-refractivity contribution in [3.05, 3.63) is 36.5 Å². The molecule has 12 unspecified atom stereocenters. The fourth-order valence-electron chi connectivity index (χ4n) is 12.7. The topological polar surface area (TPSA) is 228 Å². The molecule has 9 N–H and O–H groups in total. The third-order valence-electron chi connectivity index (χ3n) is 18.8. The van der Waals surface area contributed by atoms with Crippen molar-refractivity contribution in [3.8, 4) is 0 Å². The number of allylic oxidation sites excluding steroid dienone is 5. The second-order valence-corrected chi connectivity index (χ2v) is 27.1. The highest BCUT2D eigenvalue weighted by atomic mass is 16.7. The monoisotopic (exact) mass is 1280 g/mol. The van der Waals surface area contributed by atoms with E-state index >= 15 is 0 Å². The Hall–Kier alpha value is -1.79. The lowest BCUT2D eigenvalue weighted by Gasteiger charge is -2.46. The first kappa shape index (κ1) is 84.3. The Morgan fingerprint density at radius 1 is 0.389 bits per heavy atom. The Morgan fingerprint density at radius 3 is 1.09 bits per heavy atom. The smallest absolute Gasteiger partial charge is 0.220 e. The van der Waals surface area contributed by atoms with Gasteiger partial charge in [-0.1, -0.05) is 320 Å². The average molecular weight is 1280 g/mol. The molecule has 1 amide bonds. The second kappa shape index (κ2) is 60.8. The first-order chi connectivity index (χ1) is 44.1. The van der Waals surface area contributed by atoms with E-state index < -0.39 is 86.8 Å². The third kappa shape index (κ3) is 44.0. The summed E-state index contributed by atoms with van der Waals surface area (Å²) in [5.74, 6) is -0.242. The van der Waals surface area contributed by atoms with Crippen LogP contribution in [0, 0.1) is 0 Å². The van der Waals surface area contributed by atoms with Gasteiger partial charge in [-0.2, -0.15) is 0 Å². The summed E-state index contributed by atoms with van der Waals surface area (Å²) in [6.07, 6.45) is 62.5. The van der Waals surface area contributed by atoms with E-state index in [1.165, 1.54) is 283 Å². The first-order valence-corrected chi connectivity index (χ1v) is 38.2. The second-order valence-electron chi connectivity index (χ2n) is 27.1. The molecule has 0 aliphatic carbocycles. The molecule has 0 aromatic carbocycles. The lowest BCUT2D eigenvalue weighted by molar-refractivity contribution is -0.359. The number of aliphatic hydroxyl groups is 8. The number of unbranched alkanes of at least 4 members (excludes halogenated alkanes) is 47. The van der Waals surface area contributed by atoms with Crippen molar-refractivity contribution in [2.75, 3.05) is 19.8 Å². The molecular formula is C76H143NO13. The van der Waals surface area contributed by atoms with Crippen LogP contribution in [0.3, 0.4) is 0 Å². The number of hydrogen-bond acceptors (Lipinski definition) is 13. The highest BCUT2D eigenvalue weighted by Gasteiger charge is 2.51. The standard InChI is InChI=1S/C76H143NO13/c1-3-5-7-9-11-13-15-17-19-21-22-23-24-25-26-27-28-29-30-31-32-33-34-35-36-37-38-39-40-41-42-44-46-48-50-52-54-56-58-60-68(81)77-64(65(80)59-57-55-53-51-49-47-45-43-20-18-16-14-12-10-8-6-4-2)63-87-75-73(86)71(84)74(67(62-79)89-75)90-76-72(85)70(83)69(82)66(61-78)88-76/h21-22,49,51,57,59,64-67,69-76,78-80,82-86H,3-20,23-48,50,52-56,58,60-63H2,1-2H3,(H,77,81)/b22-21-,51-49+,59-57+. The number of ether oxygens (including phenoxy) is 4. The van der Waals surface area contributed by atoms with Crippen LogP contribution in [0.1, 0.15) is 348 Å². The van der Waals surface area contributed by atoms with E-state index in [4.69, 9.17) is 18.9 Å². The lowest BCUT2D eigenvalue weighted by atomic mass is 9.97. The van der Waals surface area contributed by atoms with Gasteiger partial charge in [-0.15, -0.1) is 0 Å². The molecule has 0 bridgehead atoms. The molecule has 14 nitrogen and oxygen atoms in total. The summed E-state index contributed by atoms with van der Waals surface area (Å²) in [6, 6.07) is -0.930. The van der Waals surface area contributed by atoms with Crippen LogP contribution < -0.4 is 5.32 Å². The Kier molecular flexibility index (Phi) is 57.0. The van der Waals surface area contributed by atoms with Crippen molar-refractivity contribution in [2.24, 2.45) is 0 Å². The molecule has 12 atom stereocenters. The maximum Gasteiger partial charge on any atom is 0.220 e. The van der Waals surface area contributed by atoms with Crippen LogP contribution in [0.2, 0.25) is 0 Å². The SMILES string of the molecule is CCCCCCCCCC/C=C\CCCCCCCCCCCCCCCCCCCCCCCCCCCCCC(=O)NC(COC1OC(CO)C(OC2OC(CO)C(O)C(O)C2O)C(O)C1O)C(O)/C=C/CC/C=C/CCCCCCCCCCCCC. The average Bonchev–Trinajstić information content (AvgIpc) is 1.04. The minimum Gasteiger partial charge on any atom is -0.394 e. The van der Waals surface area contributed by atoms with Gasteiger partial charge in [0.2, 0.25) is 5.91 Å². The van der Waals surface area contributed by atoms with Crippen LogP contribution in [0.15, 0.2) is 36.5 Å². The predicted molar refractivity (Wildman–Crippen MR) is 369 cm³/mol. The number of hydrogen-bond donors (Lipinski definition) is 9. The molecule has 2 aliphatic rings. The molecule has 0 spiro atoms. The number of carbonyl (C=O) groups is 1. The molecule has 0 saturated carbocycles. The molecule has 0 aromatic heterocycles. The Labute approximate surface area is 551 Å². The van der Waals surface area contributed by atoms with Gasteiger partial charge in [0, 0.05) is 6.42 Å². The Morgan fingerprint density at radius 2 is 0.711 bits per heavy atom. The normalized spacial score (nSPS) is 23.0. The van der Waals surface area contributed by atoms with Crippen molar-refractivity contribution >= 4 is 5.91 Å². The van der Waals surface area contributed by atoms with Gasteiger partial charge in [0.05, 0.1) is 32.0 Å². The van der Waals surface area contributed by atoms with Crippen molar-refractivity contribution in [3.63, 3.8) is 0 Å². The van der Waals surface area contributed by atoms with E-state index in [2.05, 4.69) is 43.5 Å². The Balaban J connectivity index is 1.56. The van der Waals surface area contributed by atoms with Crippen LogP contribution in [0.4, 0.5) is 0 Å². The van der Waals surface area contributed by atoms with Crippen molar-refractivity contribution in [1.82, 2.24) is 5.32 Å². The maximum atomic E-state index is 13.3. The van der Waals surface area contributed by atoms with Gasteiger partial charge in [0.1, 0.15) is 48.8 Å². The maximum absolute atomic E-state index is 13.3. The minimum atomic E-state index is -1.79. The summed E-state index contributed by atoms with van der Waals surface area (Å²) in [6.45, 7) is 2.82. The van der Waals surface area contributed by atoms with Gasteiger partial charge < -0.3 is 65.1 Å². The molecule has 90 heavy (non-hydrogen) atoms. The zero-order valence-corrected chi connectivity index (χ0v) is 57.9. The van der Waals surface area contributed by atoms with Crippen molar-refractivity contribution in [2.45, 2.75) is 421 Å². The summed E-state index contributed by atoms with van der Waals surface area (Å²) in [7, 11) is 0. The number of amides is 1. The molecule has 2 fully saturated rings. The number of aliphatic hydroxyl groups excluding tert-OH is 8. The number of carbonyl (C=O) groups excluding carboxylic acids is 1. The molecule has 2 heterocycles. The molecule has 0 radical (unpaired) electrons. The summed E-state index contributed by atoms with van der Waals surface area (Å²) in [5.41, 5.74) is 0. The fraction of sp³-hybridized carbons (Fsp3) is 0.908. The van der Waals surface area contributed by atoms with Crippen molar-refractivity contribution < 1.29 is 64.6 Å². The van der Waals surface area contributed by atoms with E-state index in [9.17, 15) is 45.6 Å². The molecular weight excluding hydrogens is 1130 g/mol. The van der Waals surface area contributed by atoms with E-state index in [1.54, 1.807) is 6.08 Å². The van der Waals surface area contributed by atoms with Gasteiger partial charge >= 0.3 is 0 Å². The molecule has 14 heteroatoms. The van der Waals surface area contributed by atoms with Crippen LogP contribution >= 0.6 is 0 Å². The fourth-order valence-corrected chi connectivity index (χ4v) is 12.7. The molecule has 530 valence electrons. The van der Waals surface area contributed by atoms with Crippen LogP contribution in [0.5, 0.6) is 0 Å². The lowest BCUT2D eigenvalue weighted by Crippen LogP contribution is -2.65. The zero-order chi connectivity index (χ0) is 65.2. The number of rotatable bonds is 64. The summed E-state index contributed by atoms with van der Waals surface area (Å²) >= 11 is 0. The molecule has 2 rings (SSSR count). The quantitative estimate of drug-likeness (QED) is 0.0204. The summed E-state index contributed by atoms with van der Waals surface area (Å²) < 4.78 is 22.8. The van der Waals surface area contributed by atoms with Gasteiger partial charge in [0.25, 0.3) is 0 Å². The summed E-state index contributed by atoms with van der Waals surface area (Å²) in [4.78, 5) is 13.3. The molecule has 2 saturated heterocycles. The zero-order valence-electron chi connectivity index (χ0n) is 57.9. The van der Waals surface area contributed by atoms with Crippen LogP contribution in [-0.2, 0) is 23.7 Å². The van der Waals surface area contributed by atoms with Crippen LogP contribution in [-0.4, -0.2) is 140 Å². The highest BCUT2D eigenvalue weighted by molar-refractivity contribution is 5.76. The molecule has 2 aliphatic heterocycles. The van der Waals surface area contributed by atoms with Crippen LogP contribution in [0.25, 0.3) is 0 Å². The number of nitrogens with one attached hydrogen (secondary N) is 1. The summed E-state index contributed by atoms with van der Waals surface area (Å²) in [5, 5.41) is 87.4. The Bertz CT molecular complexity index is 1650. The van der Waals surface area contributed by atoms with Gasteiger partial charge in [-0.25, -0.2) is 0 Å². The van der Waals surface area contributed by atoms with E-state index in [-0.39, 0.29) is 18.9 Å². The van der Waals surface area contributed by atoms with E-state index in [1.807, 2.05) is 6.08 Å². The van der Waals surface area contributed by atoms with E-state index in [0.717, 1.165) is 32.1 Å². The predicted octanol–water partition coefficient (Wildman–Crippen LogP) is 16.5. The third-order valence-corrected chi connectivity index (χ3v) is 18.8. The van der Waals surface area contributed by atoms with Crippen molar-refractivity contribution in [1.29, 1.82) is 0 Å². The molecule has 0 aromatic rings. The highest BCUT2D eigenvalue weighted by Crippen LogP contribution is 2.30. The minimum absolute atomic E-state index is 0.242. The van der Waals surface area contributed by atoms with E-state index in [0.29, 0.717) is 12.8 Å².